The van der Waals surface area contributed by atoms with Gasteiger partial charge in [-0.3, -0.25) is 4.79 Å². The Bertz CT molecular complexity index is 1150. The molecule has 2 heterocycles. The van der Waals surface area contributed by atoms with Gasteiger partial charge in [-0.15, -0.1) is 0 Å². The van der Waals surface area contributed by atoms with Crippen molar-refractivity contribution in [3.05, 3.63) is 82.0 Å². The number of benzene rings is 2. The second-order valence-electron chi connectivity index (χ2n) is 7.31. The van der Waals surface area contributed by atoms with E-state index in [1.165, 1.54) is 0 Å². The minimum Gasteiger partial charge on any atom is -0.463 e. The van der Waals surface area contributed by atoms with Crippen molar-refractivity contribution in [2.45, 2.75) is 26.3 Å². The van der Waals surface area contributed by atoms with Crippen LogP contribution in [-0.4, -0.2) is 28.3 Å². The molecule has 0 bridgehead atoms. The Morgan fingerprint density at radius 3 is 2.58 bits per heavy atom. The van der Waals surface area contributed by atoms with Crippen LogP contribution in [-0.2, 0) is 14.3 Å². The van der Waals surface area contributed by atoms with Crippen LogP contribution in [0.3, 0.4) is 0 Å². The first-order valence-corrected chi connectivity index (χ1v) is 10.8. The van der Waals surface area contributed by atoms with E-state index in [9.17, 15) is 9.59 Å². The Hall–Kier alpha value is -3.19. The molecule has 1 amide bonds. The average Bonchev–Trinajstić information content (AvgIpc) is 3.20. The summed E-state index contributed by atoms with van der Waals surface area (Å²) in [4.78, 5) is 25.2. The van der Waals surface area contributed by atoms with Crippen molar-refractivity contribution >= 4 is 27.8 Å². The number of nitrogens with one attached hydrogen (secondary N) is 1. The molecule has 0 spiro atoms. The van der Waals surface area contributed by atoms with Crippen LogP contribution < -0.4 is 5.32 Å². The quantitative estimate of drug-likeness (QED) is 0.536. The summed E-state index contributed by atoms with van der Waals surface area (Å²) >= 11 is 3.47. The molecule has 1 atom stereocenters. The van der Waals surface area contributed by atoms with E-state index in [0.29, 0.717) is 16.8 Å². The van der Waals surface area contributed by atoms with Gasteiger partial charge in [0.2, 0.25) is 5.91 Å². The van der Waals surface area contributed by atoms with Crippen LogP contribution in [0.1, 0.15) is 31.9 Å². The summed E-state index contributed by atoms with van der Waals surface area (Å²) in [6.07, 6.45) is 2.04. The van der Waals surface area contributed by atoms with Gasteiger partial charge in [0, 0.05) is 28.2 Å². The number of carbonyl (C=O) groups excluding carboxylic acids is 2. The summed E-state index contributed by atoms with van der Waals surface area (Å²) in [5, 5.41) is 7.80. The number of para-hydroxylation sites is 1. The van der Waals surface area contributed by atoms with Gasteiger partial charge in [-0.25, -0.2) is 9.48 Å². The van der Waals surface area contributed by atoms with E-state index in [4.69, 9.17) is 9.84 Å². The number of halogens is 1. The Morgan fingerprint density at radius 2 is 1.90 bits per heavy atom. The Balaban J connectivity index is 1.90. The molecule has 0 saturated carbocycles. The molecule has 158 valence electrons. The van der Waals surface area contributed by atoms with Gasteiger partial charge in [-0.2, -0.15) is 5.10 Å². The smallest absolute Gasteiger partial charge is 0.336 e. The zero-order chi connectivity index (χ0) is 22.0. The highest BCUT2D eigenvalue weighted by Gasteiger charge is 2.35. The van der Waals surface area contributed by atoms with Crippen LogP contribution in [0.15, 0.2) is 76.4 Å². The Labute approximate surface area is 189 Å². The summed E-state index contributed by atoms with van der Waals surface area (Å²) in [5.41, 5.74) is 4.37. The molecule has 31 heavy (non-hydrogen) atoms. The zero-order valence-corrected chi connectivity index (χ0v) is 18.8. The molecule has 6 nitrogen and oxygen atoms in total. The third-order valence-electron chi connectivity index (χ3n) is 5.17. The third-order valence-corrected chi connectivity index (χ3v) is 5.70. The molecular weight excluding hydrogens is 458 g/mol. The number of aromatic nitrogens is 2. The van der Waals surface area contributed by atoms with Gasteiger partial charge < -0.3 is 10.1 Å². The van der Waals surface area contributed by atoms with Crippen molar-refractivity contribution in [1.82, 2.24) is 15.1 Å². The summed E-state index contributed by atoms with van der Waals surface area (Å²) < 4.78 is 8.03. The minimum absolute atomic E-state index is 0.134. The van der Waals surface area contributed by atoms with Gasteiger partial charge in [0.05, 0.1) is 29.6 Å². The molecule has 1 unspecified atom stereocenters. The summed E-state index contributed by atoms with van der Waals surface area (Å²) in [6, 6.07) is 16.9. The average molecular weight is 480 g/mol. The van der Waals surface area contributed by atoms with Crippen LogP contribution in [0.4, 0.5) is 0 Å². The van der Waals surface area contributed by atoms with Crippen LogP contribution >= 0.6 is 15.9 Å². The summed E-state index contributed by atoms with van der Waals surface area (Å²) in [6.45, 7) is 3.84. The molecule has 0 fully saturated rings. The number of rotatable bonds is 5. The standard InChI is InChI=1S/C24H22BrN3O3/c1-3-31-24(30)21-15(2)13-20(29)26-23(21)19-14-28(18-7-5-4-6-8-18)27-22(19)16-9-11-17(25)12-10-16/h4-12,14,23H,3,13H2,1-2H3,(H,26,29). The highest BCUT2D eigenvalue weighted by Crippen LogP contribution is 2.36. The molecule has 2 aromatic carbocycles. The molecule has 1 aliphatic heterocycles. The largest absolute Gasteiger partial charge is 0.463 e. The molecule has 0 radical (unpaired) electrons. The predicted octanol–water partition coefficient (Wildman–Crippen LogP) is 4.74. The van der Waals surface area contributed by atoms with E-state index >= 15 is 0 Å². The Kier molecular flexibility index (Phi) is 6.04. The molecule has 4 rings (SSSR count). The van der Waals surface area contributed by atoms with Crippen molar-refractivity contribution < 1.29 is 14.3 Å². The maximum Gasteiger partial charge on any atom is 0.336 e. The van der Waals surface area contributed by atoms with Crippen molar-refractivity contribution in [3.63, 3.8) is 0 Å². The third kappa shape index (κ3) is 4.32. The first-order chi connectivity index (χ1) is 15.0. The number of ether oxygens (including phenoxy) is 1. The van der Waals surface area contributed by atoms with E-state index in [-0.39, 0.29) is 18.9 Å². The summed E-state index contributed by atoms with van der Waals surface area (Å²) in [5.74, 6) is -0.552. The number of amides is 1. The van der Waals surface area contributed by atoms with Crippen LogP contribution in [0.5, 0.6) is 0 Å². The number of carbonyl (C=O) groups is 2. The number of esters is 1. The highest BCUT2D eigenvalue weighted by molar-refractivity contribution is 9.10. The molecule has 1 aromatic heterocycles. The fraction of sp³-hybridized carbons (Fsp3) is 0.208. The van der Waals surface area contributed by atoms with Crippen LogP contribution in [0.25, 0.3) is 16.9 Å². The van der Waals surface area contributed by atoms with Crippen molar-refractivity contribution in [1.29, 1.82) is 0 Å². The zero-order valence-electron chi connectivity index (χ0n) is 17.3. The lowest BCUT2D eigenvalue weighted by molar-refractivity contribution is -0.139. The van der Waals surface area contributed by atoms with Crippen molar-refractivity contribution in [2.75, 3.05) is 6.61 Å². The first kappa shape index (κ1) is 21.1. The second kappa shape index (κ2) is 8.89. The predicted molar refractivity (Wildman–Crippen MR) is 122 cm³/mol. The van der Waals surface area contributed by atoms with Gasteiger partial charge >= 0.3 is 5.97 Å². The fourth-order valence-electron chi connectivity index (χ4n) is 3.74. The molecule has 7 heteroatoms. The monoisotopic (exact) mass is 479 g/mol. The maximum atomic E-state index is 12.8. The number of hydrogen-bond acceptors (Lipinski definition) is 4. The lowest BCUT2D eigenvalue weighted by atomic mass is 9.89. The molecule has 3 aromatic rings. The lowest BCUT2D eigenvalue weighted by Gasteiger charge is -2.27. The minimum atomic E-state index is -0.642. The van der Waals surface area contributed by atoms with E-state index in [2.05, 4.69) is 21.2 Å². The van der Waals surface area contributed by atoms with E-state index in [1.807, 2.05) is 60.8 Å². The van der Waals surface area contributed by atoms with Gasteiger partial charge in [0.15, 0.2) is 0 Å². The topological polar surface area (TPSA) is 73.2 Å². The summed E-state index contributed by atoms with van der Waals surface area (Å²) in [7, 11) is 0. The number of nitrogens with zero attached hydrogens (tertiary/aromatic N) is 2. The molecular formula is C24H22BrN3O3. The van der Waals surface area contributed by atoms with Gasteiger partial charge in [-0.1, -0.05) is 51.8 Å². The van der Waals surface area contributed by atoms with Gasteiger partial charge in [0.25, 0.3) is 0 Å². The molecule has 0 aliphatic carbocycles. The van der Waals surface area contributed by atoms with Gasteiger partial charge in [0.1, 0.15) is 0 Å². The Morgan fingerprint density at radius 1 is 1.19 bits per heavy atom. The molecule has 1 aliphatic rings. The van der Waals surface area contributed by atoms with Gasteiger partial charge in [-0.05, 0) is 38.1 Å². The van der Waals surface area contributed by atoms with Crippen LogP contribution in [0.2, 0.25) is 0 Å². The fourth-order valence-corrected chi connectivity index (χ4v) is 4.01. The number of hydrogen-bond donors (Lipinski definition) is 1. The van der Waals surface area contributed by atoms with Crippen molar-refractivity contribution in [2.24, 2.45) is 0 Å². The normalized spacial score (nSPS) is 16.2. The second-order valence-corrected chi connectivity index (χ2v) is 8.23. The maximum absolute atomic E-state index is 12.8. The molecule has 1 N–H and O–H groups in total. The van der Waals surface area contributed by atoms with Crippen LogP contribution in [0, 0.1) is 0 Å². The highest BCUT2D eigenvalue weighted by atomic mass is 79.9. The van der Waals surface area contributed by atoms with Crippen molar-refractivity contribution in [3.8, 4) is 16.9 Å². The first-order valence-electron chi connectivity index (χ1n) is 10.0. The lowest BCUT2D eigenvalue weighted by Crippen LogP contribution is -2.37. The van der Waals surface area contributed by atoms with E-state index < -0.39 is 12.0 Å². The SMILES string of the molecule is CCOC(=O)C1=C(C)CC(=O)NC1c1cn(-c2ccccc2)nc1-c1ccc(Br)cc1. The molecule has 0 saturated heterocycles. The van der Waals surface area contributed by atoms with E-state index in [0.717, 1.165) is 21.3 Å². The van der Waals surface area contributed by atoms with E-state index in [1.54, 1.807) is 18.5 Å².